The van der Waals surface area contributed by atoms with Gasteiger partial charge in [0.1, 0.15) is 11.6 Å². The number of hydrogen-bond acceptors (Lipinski definition) is 1. The summed E-state index contributed by atoms with van der Waals surface area (Å²) in [6.07, 6.45) is 2.95. The Morgan fingerprint density at radius 3 is 2.17 bits per heavy atom. The molecule has 0 aliphatic rings. The van der Waals surface area contributed by atoms with Crippen LogP contribution in [0.3, 0.4) is 0 Å². The van der Waals surface area contributed by atoms with E-state index in [0.717, 1.165) is 31.9 Å². The molecule has 0 heterocycles. The van der Waals surface area contributed by atoms with E-state index in [-0.39, 0.29) is 6.04 Å². The van der Waals surface area contributed by atoms with E-state index in [2.05, 4.69) is 26.1 Å². The van der Waals surface area contributed by atoms with Gasteiger partial charge in [-0.1, -0.05) is 20.8 Å². The lowest BCUT2D eigenvalue weighted by molar-refractivity contribution is 0.437. The fraction of sp³-hybridized carbons (Fsp3) is 0.600. The maximum absolute atomic E-state index is 13.2. The van der Waals surface area contributed by atoms with Gasteiger partial charge in [-0.05, 0) is 49.4 Å². The Hall–Kier alpha value is -0.960. The van der Waals surface area contributed by atoms with Crippen LogP contribution in [0.15, 0.2) is 18.2 Å². The van der Waals surface area contributed by atoms with Crippen LogP contribution >= 0.6 is 0 Å². The molecule has 0 fully saturated rings. The summed E-state index contributed by atoms with van der Waals surface area (Å²) in [6.45, 7) is 7.26. The van der Waals surface area contributed by atoms with Gasteiger partial charge in [0.15, 0.2) is 0 Å². The SMILES string of the molecule is CCCNC(CCC(C)C)c1cc(F)cc(F)c1. The first-order valence-electron chi connectivity index (χ1n) is 6.72. The van der Waals surface area contributed by atoms with Crippen molar-refractivity contribution >= 4 is 0 Å². The lowest BCUT2D eigenvalue weighted by Gasteiger charge is -2.20. The van der Waals surface area contributed by atoms with Gasteiger partial charge in [-0.15, -0.1) is 0 Å². The summed E-state index contributed by atoms with van der Waals surface area (Å²) in [5.74, 6) is -0.412. The van der Waals surface area contributed by atoms with E-state index >= 15 is 0 Å². The normalized spacial score (nSPS) is 13.0. The van der Waals surface area contributed by atoms with E-state index in [1.807, 2.05) is 0 Å². The van der Waals surface area contributed by atoms with E-state index in [1.54, 1.807) is 0 Å². The fourth-order valence-corrected chi connectivity index (χ4v) is 1.98. The molecule has 0 aliphatic carbocycles. The minimum absolute atomic E-state index is 0.0394. The van der Waals surface area contributed by atoms with Crippen LogP contribution in [-0.4, -0.2) is 6.54 Å². The average molecular weight is 255 g/mol. The van der Waals surface area contributed by atoms with Crippen LogP contribution in [0.4, 0.5) is 8.78 Å². The highest BCUT2D eigenvalue weighted by atomic mass is 19.1. The van der Waals surface area contributed by atoms with Crippen LogP contribution in [0, 0.1) is 17.6 Å². The molecule has 1 N–H and O–H groups in total. The largest absolute Gasteiger partial charge is 0.310 e. The van der Waals surface area contributed by atoms with Crippen molar-refractivity contribution in [2.45, 2.75) is 46.1 Å². The Balaban J connectivity index is 2.79. The molecule has 102 valence electrons. The third-order valence-corrected chi connectivity index (χ3v) is 2.96. The first-order chi connectivity index (χ1) is 8.52. The molecule has 0 radical (unpaired) electrons. The molecule has 1 unspecified atom stereocenters. The molecule has 3 heteroatoms. The lowest BCUT2D eigenvalue weighted by atomic mass is 9.97. The van der Waals surface area contributed by atoms with Gasteiger partial charge in [-0.2, -0.15) is 0 Å². The quantitative estimate of drug-likeness (QED) is 0.759. The predicted octanol–water partition coefficient (Wildman–Crippen LogP) is 4.44. The molecule has 0 aliphatic heterocycles. The Bertz CT molecular complexity index is 343. The number of halogens is 2. The molecule has 1 rings (SSSR count). The second kappa shape index (κ2) is 7.47. The Labute approximate surface area is 109 Å². The highest BCUT2D eigenvalue weighted by Gasteiger charge is 2.13. The highest BCUT2D eigenvalue weighted by Crippen LogP contribution is 2.22. The topological polar surface area (TPSA) is 12.0 Å². The molecule has 0 aromatic heterocycles. The Morgan fingerprint density at radius 2 is 1.67 bits per heavy atom. The van der Waals surface area contributed by atoms with Crippen molar-refractivity contribution in [1.82, 2.24) is 5.32 Å². The van der Waals surface area contributed by atoms with Crippen molar-refractivity contribution < 1.29 is 8.78 Å². The molecule has 0 spiro atoms. The highest BCUT2D eigenvalue weighted by molar-refractivity contribution is 5.21. The van der Waals surface area contributed by atoms with Crippen molar-refractivity contribution in [3.8, 4) is 0 Å². The summed E-state index contributed by atoms with van der Waals surface area (Å²) in [4.78, 5) is 0. The third kappa shape index (κ3) is 5.13. The summed E-state index contributed by atoms with van der Waals surface area (Å²) in [5.41, 5.74) is 0.710. The standard InChI is InChI=1S/C15H23F2N/c1-4-7-18-15(6-5-11(2)3)12-8-13(16)10-14(17)9-12/h8-11,15,18H,4-7H2,1-3H3. The van der Waals surface area contributed by atoms with Crippen LogP contribution in [0.25, 0.3) is 0 Å². The first-order valence-corrected chi connectivity index (χ1v) is 6.72. The molecular weight excluding hydrogens is 232 g/mol. The molecule has 0 bridgehead atoms. The second-order valence-corrected chi connectivity index (χ2v) is 5.18. The molecular formula is C15H23F2N. The number of hydrogen-bond donors (Lipinski definition) is 1. The van der Waals surface area contributed by atoms with Crippen LogP contribution in [-0.2, 0) is 0 Å². The smallest absolute Gasteiger partial charge is 0.126 e. The van der Waals surface area contributed by atoms with Crippen LogP contribution in [0.1, 0.15) is 51.6 Å². The van der Waals surface area contributed by atoms with Gasteiger partial charge in [-0.25, -0.2) is 8.78 Å². The first kappa shape index (κ1) is 15.1. The van der Waals surface area contributed by atoms with Gasteiger partial charge >= 0.3 is 0 Å². The molecule has 1 nitrogen and oxygen atoms in total. The molecule has 18 heavy (non-hydrogen) atoms. The maximum Gasteiger partial charge on any atom is 0.126 e. The monoisotopic (exact) mass is 255 g/mol. The van der Waals surface area contributed by atoms with Crippen molar-refractivity contribution in [2.24, 2.45) is 5.92 Å². The predicted molar refractivity (Wildman–Crippen MR) is 71.5 cm³/mol. The van der Waals surface area contributed by atoms with E-state index in [1.165, 1.54) is 12.1 Å². The zero-order valence-electron chi connectivity index (χ0n) is 11.5. The molecule has 0 saturated heterocycles. The number of nitrogens with one attached hydrogen (secondary N) is 1. The maximum atomic E-state index is 13.2. The van der Waals surface area contributed by atoms with E-state index < -0.39 is 11.6 Å². The third-order valence-electron chi connectivity index (χ3n) is 2.96. The van der Waals surface area contributed by atoms with Gasteiger partial charge < -0.3 is 5.32 Å². The van der Waals surface area contributed by atoms with Gasteiger partial charge in [0.05, 0.1) is 0 Å². The van der Waals surface area contributed by atoms with E-state index in [9.17, 15) is 8.78 Å². The molecule has 0 amide bonds. The lowest BCUT2D eigenvalue weighted by Crippen LogP contribution is -2.22. The number of rotatable bonds is 7. The van der Waals surface area contributed by atoms with Gasteiger partial charge in [0.25, 0.3) is 0 Å². The Morgan fingerprint density at radius 1 is 1.06 bits per heavy atom. The summed E-state index contributed by atoms with van der Waals surface area (Å²) in [7, 11) is 0. The van der Waals surface area contributed by atoms with Crippen LogP contribution < -0.4 is 5.32 Å². The molecule has 1 aromatic carbocycles. The summed E-state index contributed by atoms with van der Waals surface area (Å²) >= 11 is 0. The molecule has 0 saturated carbocycles. The van der Waals surface area contributed by atoms with Crippen molar-refractivity contribution in [1.29, 1.82) is 0 Å². The zero-order chi connectivity index (χ0) is 13.5. The van der Waals surface area contributed by atoms with Gasteiger partial charge in [-0.3, -0.25) is 0 Å². The summed E-state index contributed by atoms with van der Waals surface area (Å²) < 4.78 is 26.5. The number of benzene rings is 1. The van der Waals surface area contributed by atoms with E-state index in [0.29, 0.717) is 11.5 Å². The minimum atomic E-state index is -0.502. The van der Waals surface area contributed by atoms with Crippen LogP contribution in [0.5, 0.6) is 0 Å². The second-order valence-electron chi connectivity index (χ2n) is 5.18. The van der Waals surface area contributed by atoms with Gasteiger partial charge in [0.2, 0.25) is 0 Å². The van der Waals surface area contributed by atoms with Crippen molar-refractivity contribution in [3.63, 3.8) is 0 Å². The van der Waals surface area contributed by atoms with Crippen molar-refractivity contribution in [3.05, 3.63) is 35.4 Å². The van der Waals surface area contributed by atoms with Gasteiger partial charge in [0, 0.05) is 12.1 Å². The van der Waals surface area contributed by atoms with Crippen molar-refractivity contribution in [2.75, 3.05) is 6.54 Å². The Kier molecular flexibility index (Phi) is 6.27. The summed E-state index contributed by atoms with van der Waals surface area (Å²) in [5, 5.41) is 3.36. The fourth-order valence-electron chi connectivity index (χ4n) is 1.98. The zero-order valence-corrected chi connectivity index (χ0v) is 11.5. The average Bonchev–Trinajstić information content (AvgIpc) is 2.27. The molecule has 1 atom stereocenters. The minimum Gasteiger partial charge on any atom is -0.310 e. The van der Waals surface area contributed by atoms with Crippen LogP contribution in [0.2, 0.25) is 0 Å². The molecule has 1 aromatic rings. The van der Waals surface area contributed by atoms with E-state index in [4.69, 9.17) is 0 Å². The summed E-state index contributed by atoms with van der Waals surface area (Å²) in [6, 6.07) is 3.81.